The second-order valence-electron chi connectivity index (χ2n) is 4.79. The lowest BCUT2D eigenvalue weighted by Gasteiger charge is -2.20. The molecule has 1 atom stereocenters. The molecule has 2 aromatic heterocycles. The van der Waals surface area contributed by atoms with E-state index in [2.05, 4.69) is 31.8 Å². The molecule has 2 aromatic rings. The molecule has 1 aliphatic heterocycles. The summed E-state index contributed by atoms with van der Waals surface area (Å²) < 4.78 is 0. The van der Waals surface area contributed by atoms with Crippen LogP contribution >= 0.6 is 0 Å². The van der Waals surface area contributed by atoms with Gasteiger partial charge in [-0.15, -0.1) is 0 Å². The van der Waals surface area contributed by atoms with E-state index in [4.69, 9.17) is 5.73 Å². The fraction of sp³-hybridized carbons (Fsp3) is 0.385. The van der Waals surface area contributed by atoms with Crippen LogP contribution in [0.3, 0.4) is 0 Å². The molecule has 3 heterocycles. The second kappa shape index (κ2) is 4.79. The van der Waals surface area contributed by atoms with Crippen LogP contribution in [0.1, 0.15) is 19.8 Å². The minimum atomic E-state index is 0.398. The molecule has 3 rings (SSSR count). The Morgan fingerprint density at radius 3 is 2.63 bits per heavy atom. The van der Waals surface area contributed by atoms with Crippen molar-refractivity contribution in [1.82, 2.24) is 19.9 Å². The van der Waals surface area contributed by atoms with Crippen LogP contribution in [-0.4, -0.2) is 32.5 Å². The van der Waals surface area contributed by atoms with E-state index in [1.165, 1.54) is 19.0 Å². The van der Waals surface area contributed by atoms with Gasteiger partial charge in [0.2, 0.25) is 5.95 Å². The summed E-state index contributed by atoms with van der Waals surface area (Å²) in [5.74, 6) is 1.18. The summed E-state index contributed by atoms with van der Waals surface area (Å²) in [6.45, 7) is 3.23. The quantitative estimate of drug-likeness (QED) is 0.877. The van der Waals surface area contributed by atoms with Gasteiger partial charge in [-0.2, -0.15) is 0 Å². The zero-order valence-electron chi connectivity index (χ0n) is 10.8. The van der Waals surface area contributed by atoms with Crippen LogP contribution in [0.2, 0.25) is 0 Å². The third-order valence-electron chi connectivity index (χ3n) is 3.40. The molecule has 19 heavy (non-hydrogen) atoms. The lowest BCUT2D eigenvalue weighted by atomic mass is 10.2. The molecule has 98 valence electrons. The number of anilines is 2. The maximum absolute atomic E-state index is 5.62. The molecule has 6 heteroatoms. The molecule has 0 aromatic carbocycles. The van der Waals surface area contributed by atoms with Crippen molar-refractivity contribution in [2.45, 2.75) is 25.8 Å². The molecule has 0 saturated carbocycles. The van der Waals surface area contributed by atoms with Crippen molar-refractivity contribution in [3.63, 3.8) is 0 Å². The summed E-state index contributed by atoms with van der Waals surface area (Å²) in [5.41, 5.74) is 7.15. The highest BCUT2D eigenvalue weighted by molar-refractivity contribution is 5.58. The largest absolute Gasteiger partial charge is 0.382 e. The zero-order chi connectivity index (χ0) is 13.2. The summed E-state index contributed by atoms with van der Waals surface area (Å²) in [7, 11) is 0. The second-order valence-corrected chi connectivity index (χ2v) is 4.79. The Balaban J connectivity index is 1.86. The van der Waals surface area contributed by atoms with Gasteiger partial charge in [0.1, 0.15) is 5.82 Å². The molecule has 0 bridgehead atoms. The van der Waals surface area contributed by atoms with Crippen molar-refractivity contribution >= 4 is 11.8 Å². The van der Waals surface area contributed by atoms with E-state index in [-0.39, 0.29) is 0 Å². The number of nitrogens with zero attached hydrogens (tertiary/aromatic N) is 5. The van der Waals surface area contributed by atoms with Crippen molar-refractivity contribution in [1.29, 1.82) is 0 Å². The first-order chi connectivity index (χ1) is 9.24. The summed E-state index contributed by atoms with van der Waals surface area (Å²) >= 11 is 0. The van der Waals surface area contributed by atoms with E-state index in [1.807, 2.05) is 0 Å². The van der Waals surface area contributed by atoms with Crippen LogP contribution in [-0.2, 0) is 0 Å². The van der Waals surface area contributed by atoms with Gasteiger partial charge in [0.15, 0.2) is 0 Å². The smallest absolute Gasteiger partial charge is 0.225 e. The SMILES string of the molecule is C[C@@H]1CCCN1c1ncc(-c2cncc(N)n2)cn1. The van der Waals surface area contributed by atoms with Gasteiger partial charge in [-0.1, -0.05) is 0 Å². The topological polar surface area (TPSA) is 80.8 Å². The van der Waals surface area contributed by atoms with Crippen LogP contribution in [0.5, 0.6) is 0 Å². The Hall–Kier alpha value is -2.24. The Morgan fingerprint density at radius 2 is 2.00 bits per heavy atom. The van der Waals surface area contributed by atoms with Crippen molar-refractivity contribution < 1.29 is 0 Å². The van der Waals surface area contributed by atoms with Crippen LogP contribution in [0.15, 0.2) is 24.8 Å². The molecular formula is C13H16N6. The summed E-state index contributed by atoms with van der Waals surface area (Å²) in [6.07, 6.45) is 9.13. The molecule has 2 N–H and O–H groups in total. The number of hydrogen-bond acceptors (Lipinski definition) is 6. The monoisotopic (exact) mass is 256 g/mol. The van der Waals surface area contributed by atoms with Crippen molar-refractivity contribution in [3.8, 4) is 11.3 Å². The van der Waals surface area contributed by atoms with E-state index in [1.54, 1.807) is 18.6 Å². The maximum Gasteiger partial charge on any atom is 0.225 e. The molecule has 6 nitrogen and oxygen atoms in total. The molecule has 0 radical (unpaired) electrons. The molecule has 1 fully saturated rings. The van der Waals surface area contributed by atoms with E-state index in [9.17, 15) is 0 Å². The average Bonchev–Trinajstić information content (AvgIpc) is 2.85. The number of aromatic nitrogens is 4. The van der Waals surface area contributed by atoms with E-state index >= 15 is 0 Å². The van der Waals surface area contributed by atoms with Gasteiger partial charge in [-0.05, 0) is 19.8 Å². The Bertz CT molecular complexity index is 568. The highest BCUT2D eigenvalue weighted by atomic mass is 15.3. The number of nitrogen functional groups attached to an aromatic ring is 1. The van der Waals surface area contributed by atoms with E-state index < -0.39 is 0 Å². The van der Waals surface area contributed by atoms with Gasteiger partial charge >= 0.3 is 0 Å². The van der Waals surface area contributed by atoms with Gasteiger partial charge in [0, 0.05) is 30.5 Å². The van der Waals surface area contributed by atoms with Gasteiger partial charge in [-0.25, -0.2) is 15.0 Å². The molecule has 1 saturated heterocycles. The Labute approximate surface area is 111 Å². The zero-order valence-corrected chi connectivity index (χ0v) is 10.8. The van der Waals surface area contributed by atoms with Gasteiger partial charge in [0.05, 0.1) is 18.1 Å². The van der Waals surface area contributed by atoms with Gasteiger partial charge < -0.3 is 10.6 Å². The van der Waals surface area contributed by atoms with Crippen molar-refractivity contribution in [2.75, 3.05) is 17.2 Å². The van der Waals surface area contributed by atoms with Crippen LogP contribution in [0.4, 0.5) is 11.8 Å². The molecular weight excluding hydrogens is 240 g/mol. The maximum atomic E-state index is 5.62. The third-order valence-corrected chi connectivity index (χ3v) is 3.40. The molecule has 1 aliphatic rings. The third kappa shape index (κ3) is 2.33. The first-order valence-corrected chi connectivity index (χ1v) is 6.40. The van der Waals surface area contributed by atoms with Crippen LogP contribution in [0.25, 0.3) is 11.3 Å². The minimum absolute atomic E-state index is 0.398. The number of rotatable bonds is 2. The fourth-order valence-corrected chi connectivity index (χ4v) is 2.35. The lowest BCUT2D eigenvalue weighted by molar-refractivity contribution is 0.717. The van der Waals surface area contributed by atoms with Crippen molar-refractivity contribution in [2.24, 2.45) is 0 Å². The van der Waals surface area contributed by atoms with Crippen molar-refractivity contribution in [3.05, 3.63) is 24.8 Å². The molecule has 0 unspecified atom stereocenters. The predicted octanol–water partition coefficient (Wildman–Crippen LogP) is 1.50. The van der Waals surface area contributed by atoms with Gasteiger partial charge in [0.25, 0.3) is 0 Å². The Kier molecular flexibility index (Phi) is 2.98. The number of nitrogens with two attached hydrogens (primary N) is 1. The Morgan fingerprint density at radius 1 is 1.21 bits per heavy atom. The summed E-state index contributed by atoms with van der Waals surface area (Å²) in [4.78, 5) is 19.3. The standard InChI is InChI=1S/C13H16N6/c1-9-3-2-4-19(9)13-16-5-10(6-17-13)11-7-15-8-12(14)18-11/h5-9H,2-4H2,1H3,(H2,14,18)/t9-/m1/s1. The minimum Gasteiger partial charge on any atom is -0.382 e. The molecule has 0 amide bonds. The highest BCUT2D eigenvalue weighted by Gasteiger charge is 2.22. The predicted molar refractivity (Wildman–Crippen MR) is 73.5 cm³/mol. The summed E-state index contributed by atoms with van der Waals surface area (Å²) in [6, 6.07) is 0.512. The fourth-order valence-electron chi connectivity index (χ4n) is 2.35. The lowest BCUT2D eigenvalue weighted by Crippen LogP contribution is -2.28. The highest BCUT2D eigenvalue weighted by Crippen LogP contribution is 2.23. The van der Waals surface area contributed by atoms with Crippen LogP contribution < -0.4 is 10.6 Å². The van der Waals surface area contributed by atoms with E-state index in [0.29, 0.717) is 17.6 Å². The normalized spacial score (nSPS) is 18.8. The molecule has 0 spiro atoms. The molecule has 0 aliphatic carbocycles. The number of hydrogen-bond donors (Lipinski definition) is 1. The van der Waals surface area contributed by atoms with Crippen LogP contribution in [0, 0.1) is 0 Å². The van der Waals surface area contributed by atoms with E-state index in [0.717, 1.165) is 18.1 Å². The average molecular weight is 256 g/mol. The summed E-state index contributed by atoms with van der Waals surface area (Å²) in [5, 5.41) is 0. The first kappa shape index (κ1) is 11.8. The first-order valence-electron chi connectivity index (χ1n) is 6.40. The van der Waals surface area contributed by atoms with Gasteiger partial charge in [-0.3, -0.25) is 4.98 Å².